The number of hydrogen-bond acceptors (Lipinski definition) is 4. The van der Waals surface area contributed by atoms with Gasteiger partial charge in [-0.25, -0.2) is 14.8 Å². The van der Waals surface area contributed by atoms with Crippen molar-refractivity contribution in [3.63, 3.8) is 0 Å². The first-order valence-electron chi connectivity index (χ1n) is 7.84. The van der Waals surface area contributed by atoms with Crippen molar-refractivity contribution in [2.24, 2.45) is 4.99 Å². The number of rotatable bonds is 3. The van der Waals surface area contributed by atoms with Gasteiger partial charge in [0.2, 0.25) is 5.56 Å². The smallest absolute Gasteiger partial charge is 0.247 e. The first-order chi connectivity index (χ1) is 12.2. The molecule has 0 saturated heterocycles. The van der Waals surface area contributed by atoms with E-state index in [0.717, 1.165) is 11.1 Å². The van der Waals surface area contributed by atoms with Crippen LogP contribution in [0.4, 0.5) is 4.39 Å². The minimum Gasteiger partial charge on any atom is -0.328 e. The summed E-state index contributed by atoms with van der Waals surface area (Å²) >= 11 is 0. The number of aromatic amines is 1. The highest BCUT2D eigenvalue weighted by Crippen LogP contribution is 2.26. The molecule has 4 rings (SSSR count). The maximum absolute atomic E-state index is 14.6. The van der Waals surface area contributed by atoms with Crippen LogP contribution >= 0.6 is 0 Å². The molecule has 0 fully saturated rings. The molecule has 1 atom stereocenters. The van der Waals surface area contributed by atoms with E-state index in [4.69, 9.17) is 0 Å². The molecule has 2 heterocycles. The van der Waals surface area contributed by atoms with E-state index in [2.05, 4.69) is 20.8 Å². The Morgan fingerprint density at radius 3 is 2.44 bits per heavy atom. The topological polar surface area (TPSA) is 69.3 Å². The molecule has 6 heteroatoms. The minimum atomic E-state index is -0.500. The molecule has 3 aromatic rings. The van der Waals surface area contributed by atoms with Crippen molar-refractivity contribution in [3.8, 4) is 11.1 Å². The van der Waals surface area contributed by atoms with Crippen molar-refractivity contribution in [2.45, 2.75) is 6.17 Å². The molecule has 0 amide bonds. The number of aromatic nitrogens is 1. The standard InChI is InChI=1S/C19H15FN4O/c20-16-10-13(14-7-9-17(25)21-11-14)6-8-15(16)19-22-18(23-24-19)12-4-2-1-3-5-12/h1-11,19,24H,(H,21,25)(H,22,23). The van der Waals surface area contributed by atoms with Crippen LogP contribution in [0.2, 0.25) is 0 Å². The molecule has 25 heavy (non-hydrogen) atoms. The molecule has 0 saturated carbocycles. The lowest BCUT2D eigenvalue weighted by Gasteiger charge is -2.10. The van der Waals surface area contributed by atoms with Gasteiger partial charge in [0.25, 0.3) is 0 Å². The summed E-state index contributed by atoms with van der Waals surface area (Å²) in [5.74, 6) is 0.316. The molecule has 0 bridgehead atoms. The summed E-state index contributed by atoms with van der Waals surface area (Å²) in [6.07, 6.45) is 1.07. The SMILES string of the molecule is O=c1ccc(-c2ccc(C3N=C(c4ccccc4)NN3)c(F)c2)c[nH]1. The molecule has 0 spiro atoms. The van der Waals surface area contributed by atoms with Gasteiger partial charge in [-0.3, -0.25) is 4.79 Å². The number of halogens is 1. The van der Waals surface area contributed by atoms with Gasteiger partial charge in [-0.05, 0) is 23.3 Å². The third-order valence-corrected chi connectivity index (χ3v) is 4.05. The van der Waals surface area contributed by atoms with E-state index in [1.165, 1.54) is 12.1 Å². The van der Waals surface area contributed by atoms with Gasteiger partial charge in [-0.1, -0.05) is 42.5 Å². The maximum Gasteiger partial charge on any atom is 0.247 e. The molecule has 2 aromatic carbocycles. The molecular weight excluding hydrogens is 319 g/mol. The van der Waals surface area contributed by atoms with E-state index in [9.17, 15) is 9.18 Å². The molecule has 1 aliphatic rings. The normalized spacial score (nSPS) is 16.4. The maximum atomic E-state index is 14.6. The van der Waals surface area contributed by atoms with E-state index < -0.39 is 6.17 Å². The summed E-state index contributed by atoms with van der Waals surface area (Å²) in [4.78, 5) is 18.2. The van der Waals surface area contributed by atoms with Gasteiger partial charge in [-0.15, -0.1) is 0 Å². The minimum absolute atomic E-state index is 0.190. The predicted molar refractivity (Wildman–Crippen MR) is 94.4 cm³/mol. The third kappa shape index (κ3) is 3.07. The summed E-state index contributed by atoms with van der Waals surface area (Å²) in [7, 11) is 0. The van der Waals surface area contributed by atoms with Gasteiger partial charge in [0.1, 0.15) is 17.8 Å². The van der Waals surface area contributed by atoms with Crippen molar-refractivity contribution in [2.75, 3.05) is 0 Å². The Labute approximate surface area is 143 Å². The lowest BCUT2D eigenvalue weighted by atomic mass is 10.0. The first kappa shape index (κ1) is 15.3. The van der Waals surface area contributed by atoms with Crippen molar-refractivity contribution in [1.29, 1.82) is 0 Å². The van der Waals surface area contributed by atoms with Crippen LogP contribution < -0.4 is 16.4 Å². The fourth-order valence-corrected chi connectivity index (χ4v) is 2.74. The van der Waals surface area contributed by atoms with Crippen LogP contribution in [-0.4, -0.2) is 10.8 Å². The summed E-state index contributed by atoms with van der Waals surface area (Å²) in [5, 5.41) is 0. The first-order valence-corrected chi connectivity index (χ1v) is 7.84. The third-order valence-electron chi connectivity index (χ3n) is 4.05. The molecule has 124 valence electrons. The van der Waals surface area contributed by atoms with Gasteiger partial charge in [0.15, 0.2) is 0 Å². The number of pyridine rings is 1. The Bertz CT molecular complexity index is 977. The summed E-state index contributed by atoms with van der Waals surface area (Å²) in [6, 6.07) is 17.7. The Kier molecular flexibility index (Phi) is 3.87. The van der Waals surface area contributed by atoms with Crippen molar-refractivity contribution in [1.82, 2.24) is 15.8 Å². The Balaban J connectivity index is 1.62. The molecular formula is C19H15FN4O. The average molecular weight is 334 g/mol. The highest BCUT2D eigenvalue weighted by Gasteiger charge is 2.22. The van der Waals surface area contributed by atoms with E-state index in [0.29, 0.717) is 17.0 Å². The highest BCUT2D eigenvalue weighted by atomic mass is 19.1. The van der Waals surface area contributed by atoms with Gasteiger partial charge in [-0.2, -0.15) is 0 Å². The van der Waals surface area contributed by atoms with Gasteiger partial charge in [0, 0.05) is 23.4 Å². The number of hydrazine groups is 1. The number of nitrogens with one attached hydrogen (secondary N) is 3. The van der Waals surface area contributed by atoms with Gasteiger partial charge >= 0.3 is 0 Å². The molecule has 3 N–H and O–H groups in total. The molecule has 1 aliphatic heterocycles. The van der Waals surface area contributed by atoms with Crippen LogP contribution in [0, 0.1) is 5.82 Å². The number of amidine groups is 1. The number of aliphatic imine (C=N–C) groups is 1. The summed E-state index contributed by atoms with van der Waals surface area (Å²) in [5.41, 5.74) is 8.61. The fraction of sp³-hybridized carbons (Fsp3) is 0.0526. The van der Waals surface area contributed by atoms with E-state index in [1.54, 1.807) is 18.3 Å². The predicted octanol–water partition coefficient (Wildman–Crippen LogP) is 2.73. The number of H-pyrrole nitrogens is 1. The summed E-state index contributed by atoms with van der Waals surface area (Å²) < 4.78 is 14.6. The van der Waals surface area contributed by atoms with Crippen molar-refractivity contribution in [3.05, 3.63) is 94.2 Å². The molecule has 5 nitrogen and oxygen atoms in total. The second-order valence-electron chi connectivity index (χ2n) is 5.69. The molecule has 1 unspecified atom stereocenters. The summed E-state index contributed by atoms with van der Waals surface area (Å²) in [6.45, 7) is 0. The number of hydrogen-bond donors (Lipinski definition) is 3. The quantitative estimate of drug-likeness (QED) is 0.690. The zero-order valence-corrected chi connectivity index (χ0v) is 13.2. The van der Waals surface area contributed by atoms with Crippen LogP contribution in [0.25, 0.3) is 11.1 Å². The van der Waals surface area contributed by atoms with Gasteiger partial charge in [0.05, 0.1) is 0 Å². The van der Waals surface area contributed by atoms with Crippen molar-refractivity contribution < 1.29 is 4.39 Å². The Hall–Kier alpha value is -3.25. The Morgan fingerprint density at radius 2 is 1.72 bits per heavy atom. The number of benzene rings is 2. The highest BCUT2D eigenvalue weighted by molar-refractivity contribution is 5.99. The lowest BCUT2D eigenvalue weighted by Crippen LogP contribution is -2.32. The molecule has 0 radical (unpaired) electrons. The largest absolute Gasteiger partial charge is 0.328 e. The van der Waals surface area contributed by atoms with Gasteiger partial charge < -0.3 is 10.4 Å². The van der Waals surface area contributed by atoms with Crippen LogP contribution in [-0.2, 0) is 0 Å². The van der Waals surface area contributed by atoms with Crippen LogP contribution in [0.15, 0.2) is 76.6 Å². The average Bonchev–Trinajstić information content (AvgIpc) is 3.13. The lowest BCUT2D eigenvalue weighted by molar-refractivity contribution is 0.528. The monoisotopic (exact) mass is 334 g/mol. The second kappa shape index (κ2) is 6.33. The Morgan fingerprint density at radius 1 is 0.920 bits per heavy atom. The van der Waals surface area contributed by atoms with Crippen LogP contribution in [0.3, 0.4) is 0 Å². The second-order valence-corrected chi connectivity index (χ2v) is 5.69. The van der Waals surface area contributed by atoms with E-state index in [1.807, 2.05) is 36.4 Å². The zero-order valence-electron chi connectivity index (χ0n) is 13.2. The molecule has 0 aliphatic carbocycles. The van der Waals surface area contributed by atoms with Crippen molar-refractivity contribution >= 4 is 5.84 Å². The fourth-order valence-electron chi connectivity index (χ4n) is 2.74. The van der Waals surface area contributed by atoms with Crippen LogP contribution in [0.5, 0.6) is 0 Å². The van der Waals surface area contributed by atoms with E-state index >= 15 is 0 Å². The molecule has 1 aromatic heterocycles. The van der Waals surface area contributed by atoms with E-state index in [-0.39, 0.29) is 11.4 Å². The van der Waals surface area contributed by atoms with Crippen LogP contribution in [0.1, 0.15) is 17.3 Å². The number of nitrogens with zero attached hydrogens (tertiary/aromatic N) is 1. The zero-order chi connectivity index (χ0) is 17.2.